The van der Waals surface area contributed by atoms with Crippen molar-refractivity contribution in [3.63, 3.8) is 0 Å². The molecular formula is C19H29NO5. The molecule has 0 N–H and O–H groups in total. The molecule has 140 valence electrons. The summed E-state index contributed by atoms with van der Waals surface area (Å²) >= 11 is 0. The predicted octanol–water partition coefficient (Wildman–Crippen LogP) is 3.29. The number of benzene rings is 1. The summed E-state index contributed by atoms with van der Waals surface area (Å²) in [4.78, 5) is 26.2. The lowest BCUT2D eigenvalue weighted by atomic mass is 10.1. The van der Waals surface area contributed by atoms with Crippen molar-refractivity contribution >= 4 is 11.9 Å². The molecule has 0 aliphatic heterocycles. The second-order valence-corrected chi connectivity index (χ2v) is 5.66. The molecule has 0 aliphatic rings. The molecule has 0 heterocycles. The predicted molar refractivity (Wildman–Crippen MR) is 96.2 cm³/mol. The molecule has 0 aromatic heterocycles. The molecule has 0 fully saturated rings. The van der Waals surface area contributed by atoms with Crippen LogP contribution in [0.5, 0.6) is 11.5 Å². The number of ether oxygens (including phenoxy) is 3. The summed E-state index contributed by atoms with van der Waals surface area (Å²) in [6.07, 6.45) is 3.18. The van der Waals surface area contributed by atoms with E-state index in [1.54, 1.807) is 44.2 Å². The van der Waals surface area contributed by atoms with E-state index in [0.29, 0.717) is 36.8 Å². The highest BCUT2D eigenvalue weighted by Gasteiger charge is 2.19. The molecule has 0 atom stereocenters. The van der Waals surface area contributed by atoms with Gasteiger partial charge in [0.05, 0.1) is 27.2 Å². The van der Waals surface area contributed by atoms with Gasteiger partial charge in [-0.05, 0) is 25.5 Å². The van der Waals surface area contributed by atoms with Gasteiger partial charge in [-0.3, -0.25) is 9.59 Å². The normalized spacial score (nSPS) is 10.2. The van der Waals surface area contributed by atoms with Crippen molar-refractivity contribution in [3.05, 3.63) is 23.8 Å². The number of carbonyl (C=O) groups excluding carboxylic acids is 2. The summed E-state index contributed by atoms with van der Waals surface area (Å²) in [6, 6.07) is 5.08. The Bertz CT molecular complexity index is 536. The summed E-state index contributed by atoms with van der Waals surface area (Å²) in [5.74, 6) is 0.680. The molecule has 0 saturated carbocycles. The Morgan fingerprint density at radius 2 is 1.60 bits per heavy atom. The van der Waals surface area contributed by atoms with Crippen LogP contribution in [0.4, 0.5) is 0 Å². The van der Waals surface area contributed by atoms with Gasteiger partial charge in [0.2, 0.25) is 0 Å². The lowest BCUT2D eigenvalue weighted by molar-refractivity contribution is -0.143. The Hall–Kier alpha value is -2.24. The summed E-state index contributed by atoms with van der Waals surface area (Å²) in [7, 11) is 3.09. The minimum Gasteiger partial charge on any atom is -0.497 e. The Kier molecular flexibility index (Phi) is 9.43. The van der Waals surface area contributed by atoms with Gasteiger partial charge in [0, 0.05) is 24.7 Å². The van der Waals surface area contributed by atoms with Crippen LogP contribution in [0.25, 0.3) is 0 Å². The van der Waals surface area contributed by atoms with Crippen molar-refractivity contribution in [3.8, 4) is 11.5 Å². The van der Waals surface area contributed by atoms with Crippen molar-refractivity contribution in [1.29, 1.82) is 0 Å². The minimum atomic E-state index is -0.293. The van der Waals surface area contributed by atoms with E-state index in [2.05, 4.69) is 6.92 Å². The van der Waals surface area contributed by atoms with E-state index in [0.717, 1.165) is 19.3 Å². The highest BCUT2D eigenvalue weighted by molar-refractivity contribution is 5.95. The van der Waals surface area contributed by atoms with Crippen LogP contribution in [-0.4, -0.2) is 50.7 Å². The molecule has 0 spiro atoms. The second-order valence-electron chi connectivity index (χ2n) is 5.66. The fraction of sp³-hybridized carbons (Fsp3) is 0.579. The van der Waals surface area contributed by atoms with E-state index in [1.165, 1.54) is 0 Å². The molecule has 0 unspecified atom stereocenters. The molecule has 1 aromatic rings. The number of nitrogens with zero attached hydrogens (tertiary/aromatic N) is 1. The van der Waals surface area contributed by atoms with E-state index >= 15 is 0 Å². The number of rotatable bonds is 11. The zero-order valence-electron chi connectivity index (χ0n) is 15.7. The van der Waals surface area contributed by atoms with Crippen LogP contribution in [0.1, 0.15) is 49.9 Å². The maximum atomic E-state index is 12.9. The van der Waals surface area contributed by atoms with Gasteiger partial charge in [0.25, 0.3) is 5.91 Å². The minimum absolute atomic E-state index is 0.141. The maximum absolute atomic E-state index is 12.9. The molecule has 0 radical (unpaired) electrons. The van der Waals surface area contributed by atoms with Gasteiger partial charge in [-0.2, -0.15) is 0 Å². The van der Waals surface area contributed by atoms with Crippen molar-refractivity contribution in [2.24, 2.45) is 0 Å². The number of hydrogen-bond acceptors (Lipinski definition) is 5. The molecule has 0 aliphatic carbocycles. The van der Waals surface area contributed by atoms with Crippen molar-refractivity contribution in [2.45, 2.75) is 39.5 Å². The van der Waals surface area contributed by atoms with Crippen LogP contribution in [0, 0.1) is 0 Å². The number of methoxy groups -OCH3 is 2. The number of unbranched alkanes of at least 4 members (excludes halogenated alkanes) is 2. The van der Waals surface area contributed by atoms with E-state index in [-0.39, 0.29) is 18.3 Å². The van der Waals surface area contributed by atoms with Gasteiger partial charge in [0.15, 0.2) is 0 Å². The Morgan fingerprint density at radius 3 is 2.12 bits per heavy atom. The average molecular weight is 351 g/mol. The molecule has 0 saturated heterocycles. The third-order valence-electron chi connectivity index (χ3n) is 3.81. The SMILES string of the molecule is CCCCCN(CCC(=O)OCC)C(=O)c1cc(OC)cc(OC)c1. The van der Waals surface area contributed by atoms with Gasteiger partial charge in [-0.1, -0.05) is 19.8 Å². The number of carbonyl (C=O) groups is 2. The first kappa shape index (κ1) is 20.8. The number of esters is 1. The molecule has 1 rings (SSSR count). The summed E-state index contributed by atoms with van der Waals surface area (Å²) < 4.78 is 15.4. The van der Waals surface area contributed by atoms with Crippen molar-refractivity contribution < 1.29 is 23.8 Å². The lowest BCUT2D eigenvalue weighted by Gasteiger charge is -2.23. The number of amides is 1. The van der Waals surface area contributed by atoms with Crippen LogP contribution in [0.3, 0.4) is 0 Å². The fourth-order valence-electron chi connectivity index (χ4n) is 2.44. The highest BCUT2D eigenvalue weighted by atomic mass is 16.5. The Balaban J connectivity index is 2.91. The van der Waals surface area contributed by atoms with Crippen molar-refractivity contribution in [1.82, 2.24) is 4.90 Å². The summed E-state index contributed by atoms with van der Waals surface area (Å²) in [5, 5.41) is 0. The zero-order valence-corrected chi connectivity index (χ0v) is 15.7. The second kappa shape index (κ2) is 11.3. The molecule has 25 heavy (non-hydrogen) atoms. The largest absolute Gasteiger partial charge is 0.497 e. The molecule has 1 amide bonds. The molecule has 6 heteroatoms. The third-order valence-corrected chi connectivity index (χ3v) is 3.81. The van der Waals surface area contributed by atoms with E-state index in [9.17, 15) is 9.59 Å². The first-order chi connectivity index (χ1) is 12.0. The third kappa shape index (κ3) is 7.03. The van der Waals surface area contributed by atoms with Crippen LogP contribution in [0.15, 0.2) is 18.2 Å². The van der Waals surface area contributed by atoms with E-state index < -0.39 is 0 Å². The van der Waals surface area contributed by atoms with Gasteiger partial charge in [-0.15, -0.1) is 0 Å². The van der Waals surface area contributed by atoms with Crippen LogP contribution in [-0.2, 0) is 9.53 Å². The van der Waals surface area contributed by atoms with Gasteiger partial charge < -0.3 is 19.1 Å². The van der Waals surface area contributed by atoms with Gasteiger partial charge in [-0.25, -0.2) is 0 Å². The lowest BCUT2D eigenvalue weighted by Crippen LogP contribution is -2.34. The van der Waals surface area contributed by atoms with Crippen molar-refractivity contribution in [2.75, 3.05) is 33.9 Å². The average Bonchev–Trinajstić information content (AvgIpc) is 2.63. The van der Waals surface area contributed by atoms with E-state index in [1.807, 2.05) is 0 Å². The fourth-order valence-corrected chi connectivity index (χ4v) is 2.44. The van der Waals surface area contributed by atoms with Crippen LogP contribution in [0.2, 0.25) is 0 Å². The summed E-state index contributed by atoms with van der Waals surface area (Å²) in [6.45, 7) is 5.16. The molecule has 6 nitrogen and oxygen atoms in total. The standard InChI is InChI=1S/C19H29NO5/c1-5-7-8-10-20(11-9-18(21)25-6-2)19(22)15-12-16(23-3)14-17(13-15)24-4/h12-14H,5-11H2,1-4H3. The number of hydrogen-bond donors (Lipinski definition) is 0. The quantitative estimate of drug-likeness (QED) is 0.452. The first-order valence-corrected chi connectivity index (χ1v) is 8.73. The van der Waals surface area contributed by atoms with E-state index in [4.69, 9.17) is 14.2 Å². The molecule has 0 bridgehead atoms. The summed E-state index contributed by atoms with van der Waals surface area (Å²) in [5.41, 5.74) is 0.483. The van der Waals surface area contributed by atoms with Gasteiger partial charge >= 0.3 is 5.97 Å². The molecule has 1 aromatic carbocycles. The first-order valence-electron chi connectivity index (χ1n) is 8.73. The monoisotopic (exact) mass is 351 g/mol. The maximum Gasteiger partial charge on any atom is 0.307 e. The Labute approximate surface area is 150 Å². The Morgan fingerprint density at radius 1 is 0.960 bits per heavy atom. The zero-order chi connectivity index (χ0) is 18.7. The van der Waals surface area contributed by atoms with Crippen LogP contribution < -0.4 is 9.47 Å². The smallest absolute Gasteiger partial charge is 0.307 e. The van der Waals surface area contributed by atoms with Crippen LogP contribution >= 0.6 is 0 Å². The topological polar surface area (TPSA) is 65.1 Å². The van der Waals surface area contributed by atoms with Gasteiger partial charge in [0.1, 0.15) is 11.5 Å². The highest BCUT2D eigenvalue weighted by Crippen LogP contribution is 2.23. The molecular weight excluding hydrogens is 322 g/mol.